The van der Waals surface area contributed by atoms with Gasteiger partial charge in [0.05, 0.1) is 11.3 Å². The summed E-state index contributed by atoms with van der Waals surface area (Å²) in [6.45, 7) is 1.33. The summed E-state index contributed by atoms with van der Waals surface area (Å²) < 4.78 is 50.6. The normalized spacial score (nSPS) is 10.7. The fourth-order valence-electron chi connectivity index (χ4n) is 1.14. The lowest BCUT2D eigenvalue weighted by Crippen LogP contribution is -2.08. The van der Waals surface area contributed by atoms with Crippen LogP contribution in [0.5, 0.6) is 0 Å². The van der Waals surface area contributed by atoms with E-state index in [1.54, 1.807) is 0 Å². The molecule has 0 amide bonds. The minimum absolute atomic E-state index is 0.0726. The van der Waals surface area contributed by atoms with Gasteiger partial charge in [-0.25, -0.2) is 4.39 Å². The molecular weight excluding hydrogens is 268 g/mol. The van der Waals surface area contributed by atoms with Gasteiger partial charge in [-0.15, -0.1) is 0 Å². The van der Waals surface area contributed by atoms with Crippen LogP contribution < -0.4 is 0 Å². The van der Waals surface area contributed by atoms with Crippen molar-refractivity contribution in [2.45, 2.75) is 13.1 Å². The zero-order valence-electron chi connectivity index (χ0n) is 9.27. The third-order valence-corrected chi connectivity index (χ3v) is 2.55. The average molecular weight is 276 g/mol. The van der Waals surface area contributed by atoms with Crippen LogP contribution in [0.25, 0.3) is 0 Å². The summed E-state index contributed by atoms with van der Waals surface area (Å²) in [5.41, 5.74) is -1.41. The summed E-state index contributed by atoms with van der Waals surface area (Å²) >= 11 is 0.881. The Kier molecular flexibility index (Phi) is 4.79. The zero-order chi connectivity index (χ0) is 13.8. The van der Waals surface area contributed by atoms with E-state index < -0.39 is 23.1 Å². The molecule has 0 saturated carbocycles. The van der Waals surface area contributed by atoms with Crippen molar-refractivity contribution in [2.75, 3.05) is 5.75 Å². The first-order valence-electron chi connectivity index (χ1n) is 4.79. The second-order valence-electron chi connectivity index (χ2n) is 3.27. The smallest absolute Gasteiger partial charge is 0.288 e. The highest BCUT2D eigenvalue weighted by Crippen LogP contribution is 2.31. The Morgan fingerprint density at radius 1 is 1.39 bits per heavy atom. The van der Waals surface area contributed by atoms with E-state index in [2.05, 4.69) is 11.8 Å². The average Bonchev–Trinajstić information content (AvgIpc) is 2.22. The molecule has 1 aromatic carbocycles. The van der Waals surface area contributed by atoms with Crippen LogP contribution in [0.15, 0.2) is 18.2 Å². The van der Waals surface area contributed by atoms with Crippen molar-refractivity contribution >= 4 is 16.9 Å². The quantitative estimate of drug-likeness (QED) is 0.577. The first-order valence-corrected chi connectivity index (χ1v) is 5.78. The molecular formula is C12H8F4OS. The molecule has 0 aliphatic heterocycles. The topological polar surface area (TPSA) is 17.1 Å². The predicted molar refractivity (Wildman–Crippen MR) is 61.4 cm³/mol. The summed E-state index contributed by atoms with van der Waals surface area (Å²) in [4.78, 5) is 10.6. The summed E-state index contributed by atoms with van der Waals surface area (Å²) in [6, 6.07) is 2.12. The molecule has 0 spiro atoms. The van der Waals surface area contributed by atoms with Gasteiger partial charge in [0.15, 0.2) is 5.12 Å². The van der Waals surface area contributed by atoms with Crippen LogP contribution in [0.1, 0.15) is 18.1 Å². The lowest BCUT2D eigenvalue weighted by atomic mass is 10.1. The van der Waals surface area contributed by atoms with Crippen LogP contribution in [-0.2, 0) is 11.0 Å². The molecule has 0 aromatic heterocycles. The number of rotatable bonds is 1. The molecule has 0 bridgehead atoms. The largest absolute Gasteiger partial charge is 0.417 e. The van der Waals surface area contributed by atoms with Crippen LogP contribution in [0.2, 0.25) is 0 Å². The van der Waals surface area contributed by atoms with Gasteiger partial charge in [0.2, 0.25) is 0 Å². The second-order valence-corrected chi connectivity index (χ2v) is 4.42. The summed E-state index contributed by atoms with van der Waals surface area (Å²) in [5.74, 6) is 3.92. The highest BCUT2D eigenvalue weighted by molar-refractivity contribution is 8.13. The van der Waals surface area contributed by atoms with Crippen molar-refractivity contribution in [3.05, 3.63) is 35.1 Å². The van der Waals surface area contributed by atoms with Gasteiger partial charge in [0.25, 0.3) is 0 Å². The number of benzene rings is 1. The van der Waals surface area contributed by atoms with Crippen LogP contribution in [-0.4, -0.2) is 10.9 Å². The van der Waals surface area contributed by atoms with E-state index in [0.29, 0.717) is 6.07 Å². The SMILES string of the molecule is CC(=O)SCC#Cc1cc(F)ccc1C(F)(F)F. The first kappa shape index (κ1) is 14.6. The Morgan fingerprint density at radius 2 is 2.06 bits per heavy atom. The maximum Gasteiger partial charge on any atom is 0.417 e. The number of hydrogen-bond donors (Lipinski definition) is 0. The zero-order valence-corrected chi connectivity index (χ0v) is 10.1. The van der Waals surface area contributed by atoms with E-state index in [4.69, 9.17) is 0 Å². The first-order chi connectivity index (χ1) is 8.30. The molecule has 0 unspecified atom stereocenters. The van der Waals surface area contributed by atoms with Crippen molar-refractivity contribution in [1.82, 2.24) is 0 Å². The minimum atomic E-state index is -4.58. The lowest BCUT2D eigenvalue weighted by Gasteiger charge is -2.08. The molecule has 0 N–H and O–H groups in total. The third-order valence-electron chi connectivity index (χ3n) is 1.86. The van der Waals surface area contributed by atoms with Gasteiger partial charge >= 0.3 is 6.18 Å². The molecule has 0 fully saturated rings. The van der Waals surface area contributed by atoms with Gasteiger partial charge < -0.3 is 0 Å². The molecule has 0 aliphatic carbocycles. The van der Waals surface area contributed by atoms with Crippen LogP contribution >= 0.6 is 11.8 Å². The standard InChI is InChI=1S/C12H8F4OS/c1-8(17)18-6-2-3-9-7-10(13)4-5-11(9)12(14,15)16/h4-5,7H,6H2,1H3. The van der Waals surface area contributed by atoms with Crippen molar-refractivity contribution in [3.8, 4) is 11.8 Å². The van der Waals surface area contributed by atoms with Crippen LogP contribution in [0.4, 0.5) is 17.6 Å². The highest BCUT2D eigenvalue weighted by Gasteiger charge is 2.33. The van der Waals surface area contributed by atoms with E-state index in [1.165, 1.54) is 6.92 Å². The Bertz CT molecular complexity index is 511. The van der Waals surface area contributed by atoms with Gasteiger partial charge in [-0.3, -0.25) is 4.79 Å². The van der Waals surface area contributed by atoms with E-state index in [0.717, 1.165) is 23.9 Å². The Morgan fingerprint density at radius 3 is 2.61 bits per heavy atom. The number of halogens is 4. The molecule has 0 heterocycles. The Hall–Kier alpha value is -1.48. The van der Waals surface area contributed by atoms with Crippen molar-refractivity contribution in [3.63, 3.8) is 0 Å². The molecule has 18 heavy (non-hydrogen) atoms. The van der Waals surface area contributed by atoms with Crippen molar-refractivity contribution in [2.24, 2.45) is 0 Å². The summed E-state index contributed by atoms with van der Waals surface area (Å²) in [7, 11) is 0. The van der Waals surface area contributed by atoms with Crippen LogP contribution in [0.3, 0.4) is 0 Å². The van der Waals surface area contributed by atoms with Gasteiger partial charge in [-0.2, -0.15) is 13.2 Å². The molecule has 1 nitrogen and oxygen atoms in total. The van der Waals surface area contributed by atoms with Crippen molar-refractivity contribution in [1.29, 1.82) is 0 Å². The number of carbonyl (C=O) groups excluding carboxylic acids is 1. The van der Waals surface area contributed by atoms with Crippen LogP contribution in [0, 0.1) is 17.7 Å². The predicted octanol–water partition coefficient (Wildman–Crippen LogP) is 3.48. The molecule has 1 aromatic rings. The Balaban J connectivity index is 2.99. The fourth-order valence-corrected chi connectivity index (χ4v) is 1.48. The molecule has 0 radical (unpaired) electrons. The van der Waals surface area contributed by atoms with Gasteiger partial charge in [0.1, 0.15) is 5.82 Å². The molecule has 1 rings (SSSR count). The van der Waals surface area contributed by atoms with Crippen molar-refractivity contribution < 1.29 is 22.4 Å². The molecule has 0 atom stereocenters. The highest BCUT2D eigenvalue weighted by atomic mass is 32.2. The fraction of sp³-hybridized carbons (Fsp3) is 0.250. The van der Waals surface area contributed by atoms with E-state index in [1.807, 2.05) is 0 Å². The van der Waals surface area contributed by atoms with E-state index in [-0.39, 0.29) is 10.9 Å². The van der Waals surface area contributed by atoms with E-state index >= 15 is 0 Å². The number of alkyl halides is 3. The molecule has 96 valence electrons. The minimum Gasteiger partial charge on any atom is -0.288 e. The molecule has 0 saturated heterocycles. The summed E-state index contributed by atoms with van der Waals surface area (Å²) in [5, 5.41) is -0.181. The second kappa shape index (κ2) is 5.91. The molecule has 0 aliphatic rings. The number of thioether (sulfide) groups is 1. The third kappa shape index (κ3) is 4.41. The Labute approximate surface area is 106 Å². The van der Waals surface area contributed by atoms with Gasteiger partial charge in [0, 0.05) is 12.5 Å². The maximum atomic E-state index is 12.9. The monoisotopic (exact) mass is 276 g/mol. The summed E-state index contributed by atoms with van der Waals surface area (Å²) in [6.07, 6.45) is -4.58. The van der Waals surface area contributed by atoms with Gasteiger partial charge in [-0.05, 0) is 18.2 Å². The van der Waals surface area contributed by atoms with Gasteiger partial charge in [-0.1, -0.05) is 23.6 Å². The van der Waals surface area contributed by atoms with E-state index in [9.17, 15) is 22.4 Å². The lowest BCUT2D eigenvalue weighted by molar-refractivity contribution is -0.137. The maximum absolute atomic E-state index is 12.9. The molecule has 6 heteroatoms. The number of hydrogen-bond acceptors (Lipinski definition) is 2. The number of carbonyl (C=O) groups is 1.